The molecule has 0 aromatic rings. The Kier molecular flexibility index (Phi) is 2.24. The highest BCUT2D eigenvalue weighted by Crippen LogP contribution is 2.76. The minimum atomic E-state index is -1.00. The highest BCUT2D eigenvalue weighted by Gasteiger charge is 2.79. The fourth-order valence-electron chi connectivity index (χ4n) is 7.13. The topological polar surface area (TPSA) is 66.4 Å². The molecule has 0 radical (unpaired) electrons. The zero-order valence-electron chi connectivity index (χ0n) is 13.3. The third kappa shape index (κ3) is 1.25. The SMILES string of the molecule is C=C1C[C@]23C[C@H]1CC[C@H]2[C@@]12C=CC[C@](C)(C(=O)O1)[C@H]2[C@@H]3C(=O)[O-]. The number of hydrogen-bond donors (Lipinski definition) is 0. The standard InChI is InChI=1S/C19H22O4/c1-10-8-18-9-11(10)4-5-12(18)19-7-3-6-17(2,16(22)23-19)14(19)13(18)15(20)21/h3,7,11-14H,1,4-6,8-9H2,2H3,(H,20,21)/p-1/t11-,12-,13-,14-,17+,18+,19-/m1/s1. The van der Waals surface area contributed by atoms with Gasteiger partial charge in [0.1, 0.15) is 5.60 Å². The van der Waals surface area contributed by atoms with Crippen molar-refractivity contribution >= 4 is 11.9 Å². The predicted molar refractivity (Wildman–Crippen MR) is 79.7 cm³/mol. The Hall–Kier alpha value is -1.58. The van der Waals surface area contributed by atoms with Crippen LogP contribution in [0.2, 0.25) is 0 Å². The van der Waals surface area contributed by atoms with Gasteiger partial charge < -0.3 is 14.6 Å². The molecule has 0 N–H and O–H groups in total. The normalized spacial score (nSPS) is 55.5. The van der Waals surface area contributed by atoms with Gasteiger partial charge in [0, 0.05) is 23.7 Å². The Balaban J connectivity index is 1.77. The first-order valence-electron chi connectivity index (χ1n) is 8.65. The Labute approximate surface area is 135 Å². The Bertz CT molecular complexity index is 693. The van der Waals surface area contributed by atoms with Crippen LogP contribution in [0, 0.1) is 34.5 Å². The molecule has 0 aromatic carbocycles. The molecule has 4 fully saturated rings. The van der Waals surface area contributed by atoms with Crippen LogP contribution in [0.5, 0.6) is 0 Å². The lowest BCUT2D eigenvalue weighted by Gasteiger charge is -2.43. The van der Waals surface area contributed by atoms with Gasteiger partial charge in [-0.25, -0.2) is 0 Å². The molecule has 5 rings (SSSR count). The number of esters is 1. The van der Waals surface area contributed by atoms with Crippen LogP contribution in [0.15, 0.2) is 24.3 Å². The molecule has 4 nitrogen and oxygen atoms in total. The highest BCUT2D eigenvalue weighted by atomic mass is 16.6. The number of carboxylic acid groups (broad SMARTS) is 1. The minimum Gasteiger partial charge on any atom is -0.550 e. The summed E-state index contributed by atoms with van der Waals surface area (Å²) in [6.45, 7) is 6.10. The highest BCUT2D eigenvalue weighted by molar-refractivity contribution is 5.85. The second-order valence-electron chi connectivity index (χ2n) is 8.64. The molecule has 3 saturated carbocycles. The summed E-state index contributed by atoms with van der Waals surface area (Å²) in [7, 11) is 0. The van der Waals surface area contributed by atoms with Crippen LogP contribution in [0.1, 0.15) is 39.0 Å². The van der Waals surface area contributed by atoms with Gasteiger partial charge in [0.25, 0.3) is 0 Å². The molecule has 4 heteroatoms. The molecular weight excluding hydrogens is 292 g/mol. The van der Waals surface area contributed by atoms with Crippen molar-refractivity contribution in [2.45, 2.75) is 44.6 Å². The zero-order valence-corrected chi connectivity index (χ0v) is 13.3. The molecule has 7 atom stereocenters. The van der Waals surface area contributed by atoms with E-state index in [0.717, 1.165) is 25.7 Å². The first-order valence-corrected chi connectivity index (χ1v) is 8.65. The van der Waals surface area contributed by atoms with Crippen molar-refractivity contribution in [3.8, 4) is 0 Å². The van der Waals surface area contributed by atoms with Crippen LogP contribution in [0.4, 0.5) is 0 Å². The fraction of sp³-hybridized carbons (Fsp3) is 0.684. The Morgan fingerprint density at radius 1 is 1.43 bits per heavy atom. The van der Waals surface area contributed by atoms with Gasteiger partial charge in [-0.1, -0.05) is 18.2 Å². The smallest absolute Gasteiger partial charge is 0.313 e. The number of allylic oxidation sites excluding steroid dienone is 2. The molecule has 0 amide bonds. The Morgan fingerprint density at radius 2 is 2.22 bits per heavy atom. The van der Waals surface area contributed by atoms with Crippen LogP contribution in [0.3, 0.4) is 0 Å². The van der Waals surface area contributed by atoms with Crippen LogP contribution in [0.25, 0.3) is 0 Å². The van der Waals surface area contributed by atoms with Crippen molar-refractivity contribution in [1.82, 2.24) is 0 Å². The molecular formula is C19H21O4-. The molecule has 0 aromatic heterocycles. The molecule has 0 unspecified atom stereocenters. The van der Waals surface area contributed by atoms with Crippen molar-refractivity contribution in [2.24, 2.45) is 34.5 Å². The van der Waals surface area contributed by atoms with Gasteiger partial charge in [0.05, 0.1) is 5.41 Å². The third-order valence-corrected chi connectivity index (χ3v) is 7.84. The number of hydrogen-bond acceptors (Lipinski definition) is 4. The van der Waals surface area contributed by atoms with E-state index in [0.29, 0.717) is 12.3 Å². The van der Waals surface area contributed by atoms with Gasteiger partial charge in [0.15, 0.2) is 0 Å². The molecule has 1 heterocycles. The second kappa shape index (κ2) is 3.73. The van der Waals surface area contributed by atoms with E-state index in [2.05, 4.69) is 6.58 Å². The summed E-state index contributed by atoms with van der Waals surface area (Å²) in [6.07, 6.45) is 8.17. The lowest BCUT2D eigenvalue weighted by molar-refractivity contribution is -0.318. The van der Waals surface area contributed by atoms with E-state index in [9.17, 15) is 14.7 Å². The summed E-state index contributed by atoms with van der Waals surface area (Å²) in [5, 5.41) is 12.2. The van der Waals surface area contributed by atoms with Crippen LogP contribution < -0.4 is 5.11 Å². The minimum absolute atomic E-state index is 0.0840. The van der Waals surface area contributed by atoms with E-state index >= 15 is 0 Å². The van der Waals surface area contributed by atoms with Gasteiger partial charge >= 0.3 is 5.97 Å². The quantitative estimate of drug-likeness (QED) is 0.545. The summed E-state index contributed by atoms with van der Waals surface area (Å²) >= 11 is 0. The lowest BCUT2D eigenvalue weighted by atomic mass is 9.62. The second-order valence-corrected chi connectivity index (χ2v) is 8.64. The first kappa shape index (κ1) is 13.8. The molecule has 122 valence electrons. The fourth-order valence-corrected chi connectivity index (χ4v) is 7.13. The monoisotopic (exact) mass is 313 g/mol. The molecule has 5 aliphatic rings. The van der Waals surface area contributed by atoms with Gasteiger partial charge in [-0.2, -0.15) is 0 Å². The average Bonchev–Trinajstić information content (AvgIpc) is 2.92. The summed E-state index contributed by atoms with van der Waals surface area (Å²) in [6, 6.07) is 0. The number of rotatable bonds is 1. The number of carboxylic acids is 1. The number of fused-ring (bicyclic) bond motifs is 1. The van der Waals surface area contributed by atoms with E-state index in [-0.39, 0.29) is 23.2 Å². The van der Waals surface area contributed by atoms with Gasteiger partial charge in [0.2, 0.25) is 0 Å². The van der Waals surface area contributed by atoms with Crippen molar-refractivity contribution < 1.29 is 19.4 Å². The number of carbonyl (C=O) groups is 2. The largest absolute Gasteiger partial charge is 0.550 e. The number of aliphatic carboxylic acids is 1. The molecule has 1 aliphatic heterocycles. The molecule has 4 aliphatic carbocycles. The van der Waals surface area contributed by atoms with E-state index in [1.165, 1.54) is 5.57 Å². The van der Waals surface area contributed by atoms with Gasteiger partial charge in [-0.05, 0) is 56.4 Å². The van der Waals surface area contributed by atoms with Crippen LogP contribution in [-0.2, 0) is 14.3 Å². The first-order chi connectivity index (χ1) is 10.9. The van der Waals surface area contributed by atoms with Gasteiger partial charge in [-0.3, -0.25) is 4.79 Å². The van der Waals surface area contributed by atoms with Crippen LogP contribution >= 0.6 is 0 Å². The number of ether oxygens (including phenoxy) is 1. The average molecular weight is 313 g/mol. The van der Waals surface area contributed by atoms with Crippen molar-refractivity contribution in [1.29, 1.82) is 0 Å². The number of carbonyl (C=O) groups excluding carboxylic acids is 2. The maximum atomic E-state index is 12.6. The molecule has 23 heavy (non-hydrogen) atoms. The van der Waals surface area contributed by atoms with Crippen LogP contribution in [-0.4, -0.2) is 17.5 Å². The summed E-state index contributed by atoms with van der Waals surface area (Å²) < 4.78 is 5.98. The molecule has 4 bridgehead atoms. The van der Waals surface area contributed by atoms with Crippen molar-refractivity contribution in [3.63, 3.8) is 0 Å². The Morgan fingerprint density at radius 3 is 2.96 bits per heavy atom. The van der Waals surface area contributed by atoms with Crippen molar-refractivity contribution in [3.05, 3.63) is 24.3 Å². The van der Waals surface area contributed by atoms with Crippen molar-refractivity contribution in [2.75, 3.05) is 0 Å². The van der Waals surface area contributed by atoms with E-state index in [4.69, 9.17) is 4.74 Å². The molecule has 1 spiro atoms. The summed E-state index contributed by atoms with van der Waals surface area (Å²) in [5.74, 6) is -1.64. The lowest BCUT2D eigenvalue weighted by Crippen LogP contribution is -2.48. The van der Waals surface area contributed by atoms with E-state index < -0.39 is 22.9 Å². The van der Waals surface area contributed by atoms with E-state index in [1.807, 2.05) is 19.1 Å². The molecule has 1 saturated heterocycles. The maximum absolute atomic E-state index is 12.6. The zero-order chi connectivity index (χ0) is 16.2. The van der Waals surface area contributed by atoms with E-state index in [1.54, 1.807) is 0 Å². The summed E-state index contributed by atoms with van der Waals surface area (Å²) in [4.78, 5) is 24.8. The summed E-state index contributed by atoms with van der Waals surface area (Å²) in [5.41, 5.74) is -0.611. The third-order valence-electron chi connectivity index (χ3n) is 7.84. The van der Waals surface area contributed by atoms with Gasteiger partial charge in [-0.15, -0.1) is 0 Å². The predicted octanol–water partition coefficient (Wildman–Crippen LogP) is 1.61. The maximum Gasteiger partial charge on any atom is 0.313 e.